The summed E-state index contributed by atoms with van der Waals surface area (Å²) >= 11 is 1.08. The highest BCUT2D eigenvalue weighted by Gasteiger charge is 2.31. The average molecular weight is 441 g/mol. The van der Waals surface area contributed by atoms with Crippen LogP contribution in [0, 0.1) is 5.82 Å². The number of hydrogen-bond acceptors (Lipinski definition) is 4. The Kier molecular flexibility index (Phi) is 6.64. The summed E-state index contributed by atoms with van der Waals surface area (Å²) in [6.45, 7) is 3.08. The van der Waals surface area contributed by atoms with Gasteiger partial charge in [-0.05, 0) is 50.1 Å². The van der Waals surface area contributed by atoms with Gasteiger partial charge in [-0.3, -0.25) is 9.59 Å². The Morgan fingerprint density at radius 1 is 1.20 bits per heavy atom. The summed E-state index contributed by atoms with van der Waals surface area (Å²) in [5.41, 5.74) is -1.62. The number of likely N-dealkylation sites (tertiary alicyclic amines) is 1. The van der Waals surface area contributed by atoms with E-state index in [1.807, 2.05) is 0 Å². The molecule has 1 aliphatic heterocycles. The van der Waals surface area contributed by atoms with Gasteiger partial charge in [0.2, 0.25) is 5.91 Å². The number of pyridine rings is 1. The van der Waals surface area contributed by atoms with E-state index in [1.54, 1.807) is 11.8 Å². The smallest absolute Gasteiger partial charge is 0.342 e. The van der Waals surface area contributed by atoms with E-state index < -0.39 is 34.4 Å². The van der Waals surface area contributed by atoms with Crippen LogP contribution in [0.25, 0.3) is 0 Å². The minimum Gasteiger partial charge on any atom is -0.342 e. The fourth-order valence-corrected chi connectivity index (χ4v) is 4.05. The zero-order chi connectivity index (χ0) is 21.9. The average Bonchev–Trinajstić information content (AvgIpc) is 3.23. The molecule has 30 heavy (non-hydrogen) atoms. The van der Waals surface area contributed by atoms with Gasteiger partial charge in [-0.15, -0.1) is 0 Å². The Labute approximate surface area is 174 Å². The molecule has 5 nitrogen and oxygen atoms in total. The van der Waals surface area contributed by atoms with E-state index in [4.69, 9.17) is 0 Å². The van der Waals surface area contributed by atoms with Crippen LogP contribution < -0.4 is 5.32 Å². The van der Waals surface area contributed by atoms with Gasteiger partial charge in [0.15, 0.2) is 0 Å². The topological polar surface area (TPSA) is 62.3 Å². The number of amides is 2. The first kappa shape index (κ1) is 22.1. The van der Waals surface area contributed by atoms with Crippen LogP contribution in [-0.4, -0.2) is 40.0 Å². The van der Waals surface area contributed by atoms with Crippen molar-refractivity contribution in [3.05, 3.63) is 53.5 Å². The van der Waals surface area contributed by atoms with Crippen molar-refractivity contribution in [1.82, 2.24) is 9.88 Å². The summed E-state index contributed by atoms with van der Waals surface area (Å²) in [6.07, 6.45) is -1.34. The maximum absolute atomic E-state index is 14.0. The van der Waals surface area contributed by atoms with Crippen LogP contribution >= 0.6 is 11.8 Å². The molecular formula is C20H19F4N3O2S. The fourth-order valence-electron chi connectivity index (χ4n) is 3.06. The van der Waals surface area contributed by atoms with E-state index >= 15 is 0 Å². The molecule has 0 radical (unpaired) electrons. The van der Waals surface area contributed by atoms with E-state index in [0.717, 1.165) is 24.6 Å². The molecular weight excluding hydrogens is 422 g/mol. The highest BCUT2D eigenvalue weighted by atomic mass is 32.2. The first-order valence-electron chi connectivity index (χ1n) is 9.25. The Morgan fingerprint density at radius 3 is 2.57 bits per heavy atom. The highest BCUT2D eigenvalue weighted by Crippen LogP contribution is 2.32. The second-order valence-corrected chi connectivity index (χ2v) is 8.12. The molecule has 160 valence electrons. The third-order valence-corrected chi connectivity index (χ3v) is 5.72. The number of thioether (sulfide) groups is 1. The number of carbonyl (C=O) groups excluding carboxylic acids is 2. The maximum atomic E-state index is 14.0. The lowest BCUT2D eigenvalue weighted by atomic mass is 10.1. The molecule has 1 aromatic heterocycles. The fraction of sp³-hybridized carbons (Fsp3) is 0.350. The van der Waals surface area contributed by atoms with Crippen molar-refractivity contribution in [2.45, 2.75) is 36.2 Å². The lowest BCUT2D eigenvalue weighted by Crippen LogP contribution is -2.34. The van der Waals surface area contributed by atoms with Crippen molar-refractivity contribution in [2.75, 3.05) is 18.4 Å². The number of carbonyl (C=O) groups is 2. The normalized spacial score (nSPS) is 15.2. The van der Waals surface area contributed by atoms with Crippen LogP contribution in [-0.2, 0) is 11.0 Å². The molecule has 1 aromatic carbocycles. The molecule has 2 aromatic rings. The summed E-state index contributed by atoms with van der Waals surface area (Å²) in [5, 5.41) is 1.91. The number of nitrogens with zero attached hydrogens (tertiary/aromatic N) is 2. The summed E-state index contributed by atoms with van der Waals surface area (Å²) in [5.74, 6) is -1.88. The minimum atomic E-state index is -4.67. The van der Waals surface area contributed by atoms with Gasteiger partial charge in [0.25, 0.3) is 5.91 Å². The number of alkyl halides is 3. The van der Waals surface area contributed by atoms with Gasteiger partial charge in [-0.2, -0.15) is 13.2 Å². The number of hydrogen-bond donors (Lipinski definition) is 1. The van der Waals surface area contributed by atoms with Crippen LogP contribution in [0.4, 0.5) is 23.2 Å². The molecule has 3 rings (SSSR count). The molecule has 0 aliphatic carbocycles. The lowest BCUT2D eigenvalue weighted by Gasteiger charge is -2.20. The second kappa shape index (κ2) is 9.03. The molecule has 2 heterocycles. The standard InChI is InChI=1S/C20H19F4N3O2S/c1-12(19(29)27-9-2-3-10-27)30-18-14(5-4-8-25-18)17(28)26-16-11-13(20(22,23)24)6-7-15(16)21/h4-8,11-12H,2-3,9-10H2,1H3,(H,26,28). The van der Waals surface area contributed by atoms with Gasteiger partial charge >= 0.3 is 6.18 Å². The number of nitrogens with one attached hydrogen (secondary N) is 1. The Morgan fingerprint density at radius 2 is 1.90 bits per heavy atom. The third kappa shape index (κ3) is 5.10. The van der Waals surface area contributed by atoms with Crippen molar-refractivity contribution >= 4 is 29.3 Å². The predicted molar refractivity (Wildman–Crippen MR) is 105 cm³/mol. The largest absolute Gasteiger partial charge is 0.416 e. The van der Waals surface area contributed by atoms with Gasteiger partial charge in [0, 0.05) is 19.3 Å². The Balaban J connectivity index is 1.78. The van der Waals surface area contributed by atoms with Gasteiger partial charge in [0.1, 0.15) is 10.8 Å². The Hall–Kier alpha value is -2.62. The zero-order valence-corrected chi connectivity index (χ0v) is 16.8. The summed E-state index contributed by atoms with van der Waals surface area (Å²) in [6, 6.07) is 4.68. The third-order valence-electron chi connectivity index (χ3n) is 4.61. The maximum Gasteiger partial charge on any atom is 0.416 e. The summed E-state index contributed by atoms with van der Waals surface area (Å²) in [4.78, 5) is 31.0. The van der Waals surface area contributed by atoms with E-state index in [-0.39, 0.29) is 16.5 Å². The first-order valence-corrected chi connectivity index (χ1v) is 10.1. The van der Waals surface area contributed by atoms with E-state index in [0.29, 0.717) is 31.3 Å². The molecule has 1 atom stereocenters. The number of aromatic nitrogens is 1. The van der Waals surface area contributed by atoms with E-state index in [9.17, 15) is 27.2 Å². The van der Waals surface area contributed by atoms with Crippen LogP contribution in [0.1, 0.15) is 35.7 Å². The Bertz CT molecular complexity index is 946. The van der Waals surface area contributed by atoms with Gasteiger partial charge in [0.05, 0.1) is 22.1 Å². The number of benzene rings is 1. The van der Waals surface area contributed by atoms with Crippen molar-refractivity contribution in [3.63, 3.8) is 0 Å². The molecule has 1 aliphatic rings. The van der Waals surface area contributed by atoms with Crippen LogP contribution in [0.2, 0.25) is 0 Å². The number of anilines is 1. The summed E-state index contributed by atoms with van der Waals surface area (Å²) < 4.78 is 52.6. The van der Waals surface area contributed by atoms with Crippen molar-refractivity contribution in [2.24, 2.45) is 0 Å². The van der Waals surface area contributed by atoms with Crippen LogP contribution in [0.5, 0.6) is 0 Å². The number of rotatable bonds is 5. The van der Waals surface area contributed by atoms with E-state index in [2.05, 4.69) is 10.3 Å². The van der Waals surface area contributed by atoms with E-state index in [1.165, 1.54) is 18.3 Å². The van der Waals surface area contributed by atoms with Crippen molar-refractivity contribution in [3.8, 4) is 0 Å². The van der Waals surface area contributed by atoms with Gasteiger partial charge in [-0.1, -0.05) is 11.8 Å². The molecule has 2 amide bonds. The minimum absolute atomic E-state index is 0.0420. The second-order valence-electron chi connectivity index (χ2n) is 6.80. The van der Waals surface area contributed by atoms with Crippen molar-refractivity contribution < 1.29 is 27.2 Å². The molecule has 10 heteroatoms. The molecule has 0 saturated carbocycles. The summed E-state index contributed by atoms with van der Waals surface area (Å²) in [7, 11) is 0. The molecule has 1 N–H and O–H groups in total. The molecule has 1 unspecified atom stereocenters. The molecule has 0 bridgehead atoms. The van der Waals surface area contributed by atoms with Crippen LogP contribution in [0.3, 0.4) is 0 Å². The first-order chi connectivity index (χ1) is 14.2. The lowest BCUT2D eigenvalue weighted by molar-refractivity contribution is -0.137. The highest BCUT2D eigenvalue weighted by molar-refractivity contribution is 8.00. The predicted octanol–water partition coefficient (Wildman–Crippen LogP) is 4.59. The monoisotopic (exact) mass is 441 g/mol. The van der Waals surface area contributed by atoms with Crippen molar-refractivity contribution in [1.29, 1.82) is 0 Å². The SMILES string of the molecule is CC(Sc1ncccc1C(=O)Nc1cc(C(F)(F)F)ccc1F)C(=O)N1CCCC1. The number of halogens is 4. The molecule has 1 fully saturated rings. The van der Waals surface area contributed by atoms with Gasteiger partial charge < -0.3 is 10.2 Å². The zero-order valence-electron chi connectivity index (χ0n) is 16.0. The van der Waals surface area contributed by atoms with Gasteiger partial charge in [-0.25, -0.2) is 9.37 Å². The van der Waals surface area contributed by atoms with Crippen LogP contribution in [0.15, 0.2) is 41.6 Å². The molecule has 1 saturated heterocycles. The quantitative estimate of drug-likeness (QED) is 0.545. The molecule has 0 spiro atoms.